The van der Waals surface area contributed by atoms with E-state index in [1.807, 2.05) is 0 Å². The molecule has 20 heavy (non-hydrogen) atoms. The van der Waals surface area contributed by atoms with Crippen molar-refractivity contribution in [3.8, 4) is 0 Å². The normalized spacial score (nSPS) is 26.7. The Morgan fingerprint density at radius 1 is 1.15 bits per heavy atom. The maximum absolute atomic E-state index is 3.69. The van der Waals surface area contributed by atoms with Crippen molar-refractivity contribution in [2.45, 2.75) is 64.0 Å². The van der Waals surface area contributed by atoms with Crippen LogP contribution in [0.3, 0.4) is 0 Å². The number of aryl methyl sites for hydroxylation is 2. The van der Waals surface area contributed by atoms with E-state index in [0.717, 1.165) is 23.5 Å². The van der Waals surface area contributed by atoms with Crippen LogP contribution in [-0.4, -0.2) is 17.8 Å². The summed E-state index contributed by atoms with van der Waals surface area (Å²) in [5, 5.41) is 4.47. The van der Waals surface area contributed by atoms with Crippen molar-refractivity contribution >= 4 is 11.8 Å². The van der Waals surface area contributed by atoms with Crippen LogP contribution in [0.1, 0.15) is 49.8 Å². The summed E-state index contributed by atoms with van der Waals surface area (Å²) >= 11 is 2.16. The van der Waals surface area contributed by atoms with Gasteiger partial charge in [0.05, 0.1) is 0 Å². The lowest BCUT2D eigenvalue weighted by Crippen LogP contribution is -2.42. The van der Waals surface area contributed by atoms with Gasteiger partial charge in [-0.3, -0.25) is 0 Å². The Morgan fingerprint density at radius 3 is 2.50 bits per heavy atom. The molecule has 1 fully saturated rings. The summed E-state index contributed by atoms with van der Waals surface area (Å²) in [7, 11) is 0. The van der Waals surface area contributed by atoms with Gasteiger partial charge in [-0.1, -0.05) is 43.2 Å². The summed E-state index contributed by atoms with van der Waals surface area (Å²) < 4.78 is 0. The lowest BCUT2D eigenvalue weighted by atomic mass is 9.87. The monoisotopic (exact) mass is 291 g/mol. The molecular formula is C18H29NS. The molecule has 3 atom stereocenters. The molecule has 0 heterocycles. The molecule has 0 saturated heterocycles. The molecule has 0 spiro atoms. The summed E-state index contributed by atoms with van der Waals surface area (Å²) in [6, 6.07) is 7.66. The maximum atomic E-state index is 3.69. The predicted octanol–water partition coefficient (Wildman–Crippen LogP) is 4.70. The molecule has 2 heteroatoms. The summed E-state index contributed by atoms with van der Waals surface area (Å²) in [5.74, 6) is 2.04. The molecule has 0 aliphatic heterocycles. The highest BCUT2D eigenvalue weighted by Gasteiger charge is 2.28. The third-order valence-corrected chi connectivity index (χ3v) is 5.71. The Kier molecular flexibility index (Phi) is 5.98. The lowest BCUT2D eigenvalue weighted by molar-refractivity contribution is 0.320. The standard InChI is InChI=1S/C18H29NS/c1-5-19-17-7-6-13(2)11-18(17)20-12-16-9-14(3)8-15(4)10-16/h8-10,13,17-19H,5-7,11-12H2,1-4H3. The van der Waals surface area contributed by atoms with Crippen LogP contribution in [0.5, 0.6) is 0 Å². The van der Waals surface area contributed by atoms with E-state index in [1.165, 1.54) is 36.0 Å². The van der Waals surface area contributed by atoms with Gasteiger partial charge >= 0.3 is 0 Å². The highest BCUT2D eigenvalue weighted by Crippen LogP contribution is 2.34. The number of benzene rings is 1. The summed E-state index contributed by atoms with van der Waals surface area (Å²) in [6.45, 7) is 10.1. The first-order valence-electron chi connectivity index (χ1n) is 8.00. The third-order valence-electron chi connectivity index (χ3n) is 4.27. The minimum Gasteiger partial charge on any atom is -0.313 e. The summed E-state index contributed by atoms with van der Waals surface area (Å²) in [6.07, 6.45) is 4.10. The molecule has 1 aliphatic rings. The van der Waals surface area contributed by atoms with E-state index in [-0.39, 0.29) is 0 Å². The Bertz CT molecular complexity index is 409. The zero-order valence-corrected chi connectivity index (χ0v) is 14.2. The fourth-order valence-corrected chi connectivity index (χ4v) is 4.87. The highest BCUT2D eigenvalue weighted by atomic mass is 32.2. The third kappa shape index (κ3) is 4.53. The van der Waals surface area contributed by atoms with Gasteiger partial charge in [0, 0.05) is 17.0 Å². The van der Waals surface area contributed by atoms with Crippen LogP contribution in [0.2, 0.25) is 0 Å². The van der Waals surface area contributed by atoms with Gasteiger partial charge in [-0.15, -0.1) is 0 Å². The Labute approximate surface area is 128 Å². The molecular weight excluding hydrogens is 262 g/mol. The molecule has 0 radical (unpaired) electrons. The molecule has 1 aromatic carbocycles. The van der Waals surface area contributed by atoms with Gasteiger partial charge in [0.1, 0.15) is 0 Å². The average molecular weight is 292 g/mol. The Hall–Kier alpha value is -0.470. The zero-order valence-electron chi connectivity index (χ0n) is 13.4. The topological polar surface area (TPSA) is 12.0 Å². The number of hydrogen-bond donors (Lipinski definition) is 1. The first-order chi connectivity index (χ1) is 9.58. The minimum absolute atomic E-state index is 0.715. The minimum atomic E-state index is 0.715. The molecule has 0 bridgehead atoms. The van der Waals surface area contributed by atoms with E-state index >= 15 is 0 Å². The largest absolute Gasteiger partial charge is 0.313 e. The summed E-state index contributed by atoms with van der Waals surface area (Å²) in [4.78, 5) is 0. The van der Waals surface area contributed by atoms with Crippen LogP contribution in [0.15, 0.2) is 18.2 Å². The maximum Gasteiger partial charge on any atom is 0.0207 e. The molecule has 1 saturated carbocycles. The fraction of sp³-hybridized carbons (Fsp3) is 0.667. The molecule has 1 N–H and O–H groups in total. The van der Waals surface area contributed by atoms with E-state index in [4.69, 9.17) is 0 Å². The van der Waals surface area contributed by atoms with Crippen LogP contribution < -0.4 is 5.32 Å². The SMILES string of the molecule is CCNC1CCC(C)CC1SCc1cc(C)cc(C)c1. The van der Waals surface area contributed by atoms with Crippen molar-refractivity contribution in [2.24, 2.45) is 5.92 Å². The molecule has 112 valence electrons. The quantitative estimate of drug-likeness (QED) is 0.843. The van der Waals surface area contributed by atoms with Gasteiger partial charge in [-0.2, -0.15) is 11.8 Å². The van der Waals surface area contributed by atoms with Crippen molar-refractivity contribution in [3.05, 3.63) is 34.9 Å². The van der Waals surface area contributed by atoms with E-state index < -0.39 is 0 Å². The van der Waals surface area contributed by atoms with Crippen molar-refractivity contribution in [2.75, 3.05) is 6.54 Å². The second-order valence-electron chi connectivity index (χ2n) is 6.43. The fourth-order valence-electron chi connectivity index (χ4n) is 3.36. The van der Waals surface area contributed by atoms with Crippen molar-refractivity contribution < 1.29 is 0 Å². The number of rotatable bonds is 5. The van der Waals surface area contributed by atoms with Gasteiger partial charge in [0.2, 0.25) is 0 Å². The van der Waals surface area contributed by atoms with E-state index in [1.54, 1.807) is 0 Å². The van der Waals surface area contributed by atoms with Gasteiger partial charge in [-0.25, -0.2) is 0 Å². The number of hydrogen-bond acceptors (Lipinski definition) is 2. The van der Waals surface area contributed by atoms with Gasteiger partial charge in [0.15, 0.2) is 0 Å². The van der Waals surface area contributed by atoms with Gasteiger partial charge < -0.3 is 5.32 Å². The molecule has 1 aromatic rings. The van der Waals surface area contributed by atoms with Crippen molar-refractivity contribution in [1.82, 2.24) is 5.32 Å². The molecule has 1 aliphatic carbocycles. The van der Waals surface area contributed by atoms with Gasteiger partial charge in [0.25, 0.3) is 0 Å². The highest BCUT2D eigenvalue weighted by molar-refractivity contribution is 7.99. The summed E-state index contributed by atoms with van der Waals surface area (Å²) in [5.41, 5.74) is 4.27. The molecule has 0 amide bonds. The molecule has 3 unspecified atom stereocenters. The first kappa shape index (κ1) is 15.9. The lowest BCUT2D eigenvalue weighted by Gasteiger charge is -2.35. The zero-order chi connectivity index (χ0) is 14.5. The Morgan fingerprint density at radius 2 is 1.85 bits per heavy atom. The molecule has 2 rings (SSSR count). The van der Waals surface area contributed by atoms with Crippen molar-refractivity contribution in [3.63, 3.8) is 0 Å². The second-order valence-corrected chi connectivity index (χ2v) is 7.66. The number of nitrogens with one attached hydrogen (secondary N) is 1. The van der Waals surface area contributed by atoms with Crippen LogP contribution in [-0.2, 0) is 5.75 Å². The molecule has 1 nitrogen and oxygen atoms in total. The molecule has 0 aromatic heterocycles. The van der Waals surface area contributed by atoms with Crippen LogP contribution >= 0.6 is 11.8 Å². The van der Waals surface area contributed by atoms with Crippen LogP contribution in [0, 0.1) is 19.8 Å². The second kappa shape index (κ2) is 7.51. The number of thioether (sulfide) groups is 1. The Balaban J connectivity index is 1.96. The van der Waals surface area contributed by atoms with E-state index in [0.29, 0.717) is 6.04 Å². The smallest absolute Gasteiger partial charge is 0.0207 e. The van der Waals surface area contributed by atoms with E-state index in [9.17, 15) is 0 Å². The van der Waals surface area contributed by atoms with Crippen LogP contribution in [0.4, 0.5) is 0 Å². The predicted molar refractivity (Wildman–Crippen MR) is 91.5 cm³/mol. The first-order valence-corrected chi connectivity index (χ1v) is 9.05. The van der Waals surface area contributed by atoms with E-state index in [2.05, 4.69) is 63.0 Å². The van der Waals surface area contributed by atoms with Crippen molar-refractivity contribution in [1.29, 1.82) is 0 Å². The van der Waals surface area contributed by atoms with Crippen LogP contribution in [0.25, 0.3) is 0 Å². The van der Waals surface area contributed by atoms with Gasteiger partial charge in [-0.05, 0) is 51.1 Å². The average Bonchev–Trinajstić information content (AvgIpc) is 2.38.